The summed E-state index contributed by atoms with van der Waals surface area (Å²) in [4.78, 5) is 0. The highest BCUT2D eigenvalue weighted by Crippen LogP contribution is 2.34. The number of aryl methyl sites for hydroxylation is 3. The highest BCUT2D eigenvalue weighted by atomic mass is 15.3. The Morgan fingerprint density at radius 2 is 2.17 bits per heavy atom. The molecule has 0 spiro atoms. The van der Waals surface area contributed by atoms with E-state index >= 15 is 0 Å². The van der Waals surface area contributed by atoms with Gasteiger partial charge in [-0.15, -0.1) is 0 Å². The monoisotopic (exact) mass is 249 g/mol. The number of hydrogen-bond acceptors (Lipinski definition) is 2. The molecule has 0 bridgehead atoms. The van der Waals surface area contributed by atoms with E-state index in [-0.39, 0.29) is 0 Å². The molecular formula is C15H27N3. The second kappa shape index (κ2) is 6.37. The van der Waals surface area contributed by atoms with Crippen molar-refractivity contribution in [2.45, 2.75) is 65.5 Å². The number of hydrogen-bond donors (Lipinski definition) is 1. The van der Waals surface area contributed by atoms with Crippen LogP contribution in [0.3, 0.4) is 0 Å². The summed E-state index contributed by atoms with van der Waals surface area (Å²) in [5.74, 6) is 0.939. The molecule has 1 N–H and O–H groups in total. The van der Waals surface area contributed by atoms with E-state index in [1.807, 2.05) is 0 Å². The van der Waals surface area contributed by atoms with Gasteiger partial charge in [-0.05, 0) is 57.6 Å². The van der Waals surface area contributed by atoms with Crippen LogP contribution in [0.2, 0.25) is 0 Å². The van der Waals surface area contributed by atoms with Crippen molar-refractivity contribution < 1.29 is 0 Å². The van der Waals surface area contributed by atoms with E-state index in [4.69, 9.17) is 0 Å². The Balaban J connectivity index is 1.93. The number of aromatic nitrogens is 2. The molecule has 0 radical (unpaired) electrons. The zero-order valence-electron chi connectivity index (χ0n) is 12.1. The van der Waals surface area contributed by atoms with Gasteiger partial charge in [0.1, 0.15) is 0 Å². The van der Waals surface area contributed by atoms with Crippen LogP contribution in [-0.4, -0.2) is 22.4 Å². The fraction of sp³-hybridized carbons (Fsp3) is 0.800. The molecule has 102 valence electrons. The van der Waals surface area contributed by atoms with Gasteiger partial charge in [0.2, 0.25) is 0 Å². The summed E-state index contributed by atoms with van der Waals surface area (Å²) >= 11 is 0. The van der Waals surface area contributed by atoms with Gasteiger partial charge < -0.3 is 5.32 Å². The molecule has 0 saturated heterocycles. The standard InChI is InChI=1S/C15H27N3/c1-4-13-11-14(18(6-3)17-13)9-10-15(16-5-2)12-7-8-12/h11-12,15-16H,4-10H2,1-3H3. The van der Waals surface area contributed by atoms with Crippen molar-refractivity contribution in [2.24, 2.45) is 5.92 Å². The Kier molecular flexibility index (Phi) is 4.81. The summed E-state index contributed by atoms with van der Waals surface area (Å²) in [5, 5.41) is 8.27. The van der Waals surface area contributed by atoms with Crippen LogP contribution in [0.15, 0.2) is 6.07 Å². The van der Waals surface area contributed by atoms with Crippen LogP contribution in [0, 0.1) is 5.92 Å². The Bertz CT molecular complexity index is 366. The van der Waals surface area contributed by atoms with Crippen molar-refractivity contribution in [3.63, 3.8) is 0 Å². The van der Waals surface area contributed by atoms with E-state index in [9.17, 15) is 0 Å². The first kappa shape index (κ1) is 13.6. The Morgan fingerprint density at radius 1 is 1.39 bits per heavy atom. The van der Waals surface area contributed by atoms with E-state index in [1.165, 1.54) is 30.7 Å². The van der Waals surface area contributed by atoms with Crippen LogP contribution in [0.1, 0.15) is 51.4 Å². The van der Waals surface area contributed by atoms with Gasteiger partial charge in [-0.1, -0.05) is 13.8 Å². The van der Waals surface area contributed by atoms with Crippen molar-refractivity contribution in [1.82, 2.24) is 15.1 Å². The molecule has 2 rings (SSSR count). The van der Waals surface area contributed by atoms with E-state index in [1.54, 1.807) is 0 Å². The Labute approximate surface area is 111 Å². The van der Waals surface area contributed by atoms with Gasteiger partial charge in [0.15, 0.2) is 0 Å². The lowest BCUT2D eigenvalue weighted by Gasteiger charge is -2.17. The van der Waals surface area contributed by atoms with Gasteiger partial charge in [0.05, 0.1) is 5.69 Å². The van der Waals surface area contributed by atoms with Gasteiger partial charge in [0.25, 0.3) is 0 Å². The maximum absolute atomic E-state index is 4.63. The predicted octanol–water partition coefficient (Wildman–Crippen LogP) is 2.79. The summed E-state index contributed by atoms with van der Waals surface area (Å²) in [6.07, 6.45) is 6.30. The molecular weight excluding hydrogens is 222 g/mol. The fourth-order valence-corrected chi connectivity index (χ4v) is 2.73. The maximum Gasteiger partial charge on any atom is 0.0624 e. The summed E-state index contributed by atoms with van der Waals surface area (Å²) in [5.41, 5.74) is 2.65. The van der Waals surface area contributed by atoms with E-state index < -0.39 is 0 Å². The summed E-state index contributed by atoms with van der Waals surface area (Å²) in [7, 11) is 0. The van der Waals surface area contributed by atoms with Crippen molar-refractivity contribution in [3.8, 4) is 0 Å². The number of rotatable bonds is 8. The molecule has 3 heteroatoms. The van der Waals surface area contributed by atoms with Crippen LogP contribution in [0.25, 0.3) is 0 Å². The quantitative estimate of drug-likeness (QED) is 0.768. The van der Waals surface area contributed by atoms with Crippen LogP contribution < -0.4 is 5.32 Å². The van der Waals surface area contributed by atoms with Gasteiger partial charge >= 0.3 is 0 Å². The lowest BCUT2D eigenvalue weighted by Crippen LogP contribution is -2.31. The lowest BCUT2D eigenvalue weighted by molar-refractivity contribution is 0.439. The van der Waals surface area contributed by atoms with E-state index in [0.717, 1.165) is 37.9 Å². The molecule has 0 aromatic carbocycles. The summed E-state index contributed by atoms with van der Waals surface area (Å²) in [6, 6.07) is 3.01. The minimum atomic E-state index is 0.722. The molecule has 1 fully saturated rings. The molecule has 1 heterocycles. The largest absolute Gasteiger partial charge is 0.314 e. The first-order chi connectivity index (χ1) is 8.78. The van der Waals surface area contributed by atoms with Crippen molar-refractivity contribution >= 4 is 0 Å². The van der Waals surface area contributed by atoms with Gasteiger partial charge in [-0.25, -0.2) is 0 Å². The second-order valence-corrected chi connectivity index (χ2v) is 5.34. The molecule has 0 aliphatic heterocycles. The van der Waals surface area contributed by atoms with Crippen molar-refractivity contribution in [2.75, 3.05) is 6.54 Å². The van der Waals surface area contributed by atoms with Crippen LogP contribution >= 0.6 is 0 Å². The third-order valence-corrected chi connectivity index (χ3v) is 3.94. The molecule has 3 nitrogen and oxygen atoms in total. The second-order valence-electron chi connectivity index (χ2n) is 5.34. The molecule has 1 atom stereocenters. The van der Waals surface area contributed by atoms with Crippen molar-refractivity contribution in [3.05, 3.63) is 17.5 Å². The van der Waals surface area contributed by atoms with Gasteiger partial charge in [-0.2, -0.15) is 5.10 Å². The fourth-order valence-electron chi connectivity index (χ4n) is 2.73. The first-order valence-corrected chi connectivity index (χ1v) is 7.57. The molecule has 1 aromatic rings. The molecule has 1 unspecified atom stereocenters. The molecule has 1 aromatic heterocycles. The summed E-state index contributed by atoms with van der Waals surface area (Å²) < 4.78 is 2.18. The number of nitrogens with one attached hydrogen (secondary N) is 1. The molecule has 0 amide bonds. The third kappa shape index (κ3) is 3.35. The van der Waals surface area contributed by atoms with Crippen LogP contribution in [0.5, 0.6) is 0 Å². The highest BCUT2D eigenvalue weighted by molar-refractivity contribution is 5.11. The van der Waals surface area contributed by atoms with Gasteiger partial charge in [0, 0.05) is 18.3 Å². The third-order valence-electron chi connectivity index (χ3n) is 3.94. The zero-order chi connectivity index (χ0) is 13.0. The van der Waals surface area contributed by atoms with Crippen molar-refractivity contribution in [1.29, 1.82) is 0 Å². The first-order valence-electron chi connectivity index (χ1n) is 7.57. The van der Waals surface area contributed by atoms with Crippen LogP contribution in [-0.2, 0) is 19.4 Å². The van der Waals surface area contributed by atoms with E-state index in [2.05, 4.69) is 41.9 Å². The summed E-state index contributed by atoms with van der Waals surface area (Å²) in [6.45, 7) is 8.65. The Morgan fingerprint density at radius 3 is 2.72 bits per heavy atom. The topological polar surface area (TPSA) is 29.9 Å². The van der Waals surface area contributed by atoms with Gasteiger partial charge in [-0.3, -0.25) is 4.68 Å². The maximum atomic E-state index is 4.63. The van der Waals surface area contributed by atoms with Crippen LogP contribution in [0.4, 0.5) is 0 Å². The molecule has 18 heavy (non-hydrogen) atoms. The average molecular weight is 249 g/mol. The predicted molar refractivity (Wildman–Crippen MR) is 75.8 cm³/mol. The minimum Gasteiger partial charge on any atom is -0.314 e. The lowest BCUT2D eigenvalue weighted by atomic mass is 10.0. The number of nitrogens with zero attached hydrogens (tertiary/aromatic N) is 2. The molecule has 1 aliphatic rings. The average Bonchev–Trinajstić information content (AvgIpc) is 3.15. The molecule has 1 saturated carbocycles. The normalized spacial score (nSPS) is 17.1. The zero-order valence-corrected chi connectivity index (χ0v) is 12.1. The Hall–Kier alpha value is -0.830. The van der Waals surface area contributed by atoms with E-state index in [0.29, 0.717) is 0 Å². The SMILES string of the molecule is CCNC(CCc1cc(CC)nn1CC)C1CC1. The highest BCUT2D eigenvalue weighted by Gasteiger charge is 2.30. The molecule has 1 aliphatic carbocycles. The smallest absolute Gasteiger partial charge is 0.0624 e. The minimum absolute atomic E-state index is 0.722.